The summed E-state index contributed by atoms with van der Waals surface area (Å²) < 4.78 is 30.3. The third kappa shape index (κ3) is 3.21. The van der Waals surface area contributed by atoms with Crippen LogP contribution in [0.15, 0.2) is 18.2 Å². The fraction of sp³-hybridized carbons (Fsp3) is 0.364. The van der Waals surface area contributed by atoms with Gasteiger partial charge in [0.2, 0.25) is 0 Å². The fourth-order valence-corrected chi connectivity index (χ4v) is 1.27. The number of hydrogen-bond donors (Lipinski definition) is 2. The summed E-state index contributed by atoms with van der Waals surface area (Å²) in [5.41, 5.74) is -0.369. The largest absolute Gasteiger partial charge is 0.464 e. The lowest BCUT2D eigenvalue weighted by molar-refractivity contribution is -0.159. The Balaban J connectivity index is 2.88. The molecule has 0 aliphatic heterocycles. The summed E-state index contributed by atoms with van der Waals surface area (Å²) in [4.78, 5) is 11.1. The van der Waals surface area contributed by atoms with E-state index in [9.17, 15) is 23.8 Å². The first kappa shape index (κ1) is 13.5. The number of carbonyl (C=O) groups excluding carboxylic acids is 1. The number of ether oxygens (including phenoxy) is 1. The monoisotopic (exact) mass is 246 g/mol. The van der Waals surface area contributed by atoms with Gasteiger partial charge in [-0.2, -0.15) is 0 Å². The van der Waals surface area contributed by atoms with Crippen LogP contribution in [-0.4, -0.2) is 28.9 Å². The van der Waals surface area contributed by atoms with E-state index in [1.807, 2.05) is 0 Å². The van der Waals surface area contributed by atoms with E-state index >= 15 is 0 Å². The quantitative estimate of drug-likeness (QED) is 0.775. The molecule has 0 aliphatic carbocycles. The summed E-state index contributed by atoms with van der Waals surface area (Å²) in [6.07, 6.45) is -3.70. The molecule has 0 heterocycles. The van der Waals surface area contributed by atoms with Gasteiger partial charge in [-0.25, -0.2) is 13.6 Å². The Labute approximate surface area is 96.5 Å². The van der Waals surface area contributed by atoms with Gasteiger partial charge in [0, 0.05) is 11.6 Å². The second-order valence-corrected chi connectivity index (χ2v) is 3.31. The second kappa shape index (κ2) is 5.70. The number of rotatable bonds is 4. The molecule has 0 bridgehead atoms. The lowest BCUT2D eigenvalue weighted by Gasteiger charge is -2.17. The molecule has 0 aliphatic rings. The number of carbonyl (C=O) groups is 1. The minimum atomic E-state index is -1.91. The van der Waals surface area contributed by atoms with Crippen LogP contribution in [0.25, 0.3) is 0 Å². The van der Waals surface area contributed by atoms with Crippen LogP contribution in [0.5, 0.6) is 0 Å². The highest BCUT2D eigenvalue weighted by Gasteiger charge is 2.28. The molecule has 6 heteroatoms. The lowest BCUT2D eigenvalue weighted by Crippen LogP contribution is -2.30. The maximum Gasteiger partial charge on any atom is 0.338 e. The van der Waals surface area contributed by atoms with E-state index in [0.717, 1.165) is 12.1 Å². The first-order valence-electron chi connectivity index (χ1n) is 4.95. The molecule has 1 aromatic rings. The molecule has 17 heavy (non-hydrogen) atoms. The Kier molecular flexibility index (Phi) is 4.53. The van der Waals surface area contributed by atoms with E-state index in [2.05, 4.69) is 4.74 Å². The van der Waals surface area contributed by atoms with Gasteiger partial charge in [-0.15, -0.1) is 0 Å². The highest BCUT2D eigenvalue weighted by molar-refractivity contribution is 5.75. The minimum Gasteiger partial charge on any atom is -0.464 e. The number of hydrogen-bond acceptors (Lipinski definition) is 4. The van der Waals surface area contributed by atoms with Crippen molar-refractivity contribution in [1.29, 1.82) is 0 Å². The van der Waals surface area contributed by atoms with E-state index in [0.29, 0.717) is 6.07 Å². The van der Waals surface area contributed by atoms with Crippen molar-refractivity contribution in [2.45, 2.75) is 19.1 Å². The Morgan fingerprint density at radius 3 is 2.59 bits per heavy atom. The number of halogens is 2. The molecule has 1 rings (SSSR count). The zero-order chi connectivity index (χ0) is 13.0. The van der Waals surface area contributed by atoms with E-state index < -0.39 is 29.8 Å². The molecular formula is C11H12F2O4. The van der Waals surface area contributed by atoms with Crippen LogP contribution in [0.2, 0.25) is 0 Å². The predicted molar refractivity (Wildman–Crippen MR) is 54.0 cm³/mol. The summed E-state index contributed by atoms with van der Waals surface area (Å²) in [5, 5.41) is 18.9. The highest BCUT2D eigenvalue weighted by Crippen LogP contribution is 2.21. The molecule has 0 spiro atoms. The van der Waals surface area contributed by atoms with E-state index in [1.165, 1.54) is 6.92 Å². The molecule has 0 radical (unpaired) electrons. The van der Waals surface area contributed by atoms with Gasteiger partial charge in [-0.1, -0.05) is 6.07 Å². The molecule has 2 N–H and O–H groups in total. The van der Waals surface area contributed by atoms with Crippen LogP contribution >= 0.6 is 0 Å². The standard InChI is InChI=1S/C11H12F2O4/c1-2-17-11(16)10(15)9(14)7-4-3-6(12)5-8(7)13/h3-5,9-10,14-15H,2H2,1H3. The first-order valence-corrected chi connectivity index (χ1v) is 4.95. The number of benzene rings is 1. The van der Waals surface area contributed by atoms with E-state index in [4.69, 9.17) is 0 Å². The Morgan fingerprint density at radius 1 is 1.41 bits per heavy atom. The molecule has 0 saturated heterocycles. The van der Waals surface area contributed by atoms with Gasteiger partial charge >= 0.3 is 5.97 Å². The number of aliphatic hydroxyl groups excluding tert-OH is 2. The molecule has 0 aromatic heterocycles. The van der Waals surface area contributed by atoms with Crippen LogP contribution in [0.1, 0.15) is 18.6 Å². The van der Waals surface area contributed by atoms with Crippen LogP contribution < -0.4 is 0 Å². The first-order chi connectivity index (χ1) is 7.97. The normalized spacial score (nSPS) is 14.2. The predicted octanol–water partition coefficient (Wildman–Crippen LogP) is 0.922. The maximum absolute atomic E-state index is 13.2. The van der Waals surface area contributed by atoms with Gasteiger partial charge in [0.1, 0.15) is 17.7 Å². The average Bonchev–Trinajstić information content (AvgIpc) is 2.27. The van der Waals surface area contributed by atoms with Crippen LogP contribution in [-0.2, 0) is 9.53 Å². The Hall–Kier alpha value is -1.53. The van der Waals surface area contributed by atoms with Gasteiger partial charge in [-0.05, 0) is 13.0 Å². The third-order valence-corrected chi connectivity index (χ3v) is 2.11. The van der Waals surface area contributed by atoms with Gasteiger partial charge in [0.05, 0.1) is 6.61 Å². The van der Waals surface area contributed by atoms with Gasteiger partial charge in [0.15, 0.2) is 6.10 Å². The van der Waals surface area contributed by atoms with Crippen LogP contribution in [0.3, 0.4) is 0 Å². The van der Waals surface area contributed by atoms with Crippen molar-refractivity contribution in [3.8, 4) is 0 Å². The average molecular weight is 246 g/mol. The van der Waals surface area contributed by atoms with Crippen LogP contribution in [0, 0.1) is 11.6 Å². The van der Waals surface area contributed by atoms with Crippen molar-refractivity contribution in [1.82, 2.24) is 0 Å². The summed E-state index contributed by atoms with van der Waals surface area (Å²) in [6.45, 7) is 1.55. The number of aliphatic hydroxyl groups is 2. The van der Waals surface area contributed by atoms with Gasteiger partial charge < -0.3 is 14.9 Å². The molecule has 1 aromatic carbocycles. The van der Waals surface area contributed by atoms with Crippen LogP contribution in [0.4, 0.5) is 8.78 Å². The molecular weight excluding hydrogens is 234 g/mol. The topological polar surface area (TPSA) is 66.8 Å². The lowest BCUT2D eigenvalue weighted by atomic mass is 10.0. The molecule has 4 nitrogen and oxygen atoms in total. The molecule has 0 amide bonds. The van der Waals surface area contributed by atoms with Crippen molar-refractivity contribution in [3.05, 3.63) is 35.4 Å². The van der Waals surface area contributed by atoms with Gasteiger partial charge in [0.25, 0.3) is 0 Å². The van der Waals surface area contributed by atoms with E-state index in [1.54, 1.807) is 0 Å². The zero-order valence-corrected chi connectivity index (χ0v) is 9.06. The summed E-state index contributed by atoms with van der Waals surface area (Å²) in [5.74, 6) is -2.92. The second-order valence-electron chi connectivity index (χ2n) is 3.31. The fourth-order valence-electron chi connectivity index (χ4n) is 1.27. The minimum absolute atomic E-state index is 0.0223. The van der Waals surface area contributed by atoms with Gasteiger partial charge in [-0.3, -0.25) is 0 Å². The number of esters is 1. The molecule has 0 saturated carbocycles. The smallest absolute Gasteiger partial charge is 0.338 e. The maximum atomic E-state index is 13.2. The molecule has 2 atom stereocenters. The van der Waals surface area contributed by atoms with Crippen molar-refractivity contribution >= 4 is 5.97 Å². The van der Waals surface area contributed by atoms with Crippen molar-refractivity contribution in [3.63, 3.8) is 0 Å². The third-order valence-electron chi connectivity index (χ3n) is 2.11. The van der Waals surface area contributed by atoms with Crippen molar-refractivity contribution < 1.29 is 28.5 Å². The zero-order valence-electron chi connectivity index (χ0n) is 9.06. The van der Waals surface area contributed by atoms with E-state index in [-0.39, 0.29) is 12.2 Å². The molecule has 94 valence electrons. The summed E-state index contributed by atoms with van der Waals surface area (Å²) in [6, 6.07) is 2.42. The Bertz CT molecular complexity index is 408. The van der Waals surface area contributed by atoms with Crippen molar-refractivity contribution in [2.24, 2.45) is 0 Å². The Morgan fingerprint density at radius 2 is 2.06 bits per heavy atom. The summed E-state index contributed by atoms with van der Waals surface area (Å²) >= 11 is 0. The molecule has 2 unspecified atom stereocenters. The molecule has 0 fully saturated rings. The van der Waals surface area contributed by atoms with Crippen molar-refractivity contribution in [2.75, 3.05) is 6.61 Å². The highest BCUT2D eigenvalue weighted by atomic mass is 19.1. The summed E-state index contributed by atoms with van der Waals surface area (Å²) in [7, 11) is 0. The SMILES string of the molecule is CCOC(=O)C(O)C(O)c1ccc(F)cc1F.